The maximum absolute atomic E-state index is 9.33. The Balaban J connectivity index is 0.00000758. The largest absolute Gasteiger partial charge is 0.508 e. The molecule has 0 amide bonds. The van der Waals surface area contributed by atoms with Gasteiger partial charge in [0.15, 0.2) is 0 Å². The van der Waals surface area contributed by atoms with Gasteiger partial charge in [0.1, 0.15) is 5.82 Å². The van der Waals surface area contributed by atoms with Crippen LogP contribution in [0.5, 0.6) is 11.5 Å². The Morgan fingerprint density at radius 3 is 1.68 bits per heavy atom. The van der Waals surface area contributed by atoms with Crippen molar-refractivity contribution in [2.45, 2.75) is 52.4 Å². The number of rotatable bonds is 9. The summed E-state index contributed by atoms with van der Waals surface area (Å²) in [5.74, 6) is 1.44. The smallest absolute Gasteiger partial charge is 0.268 e. The van der Waals surface area contributed by atoms with Gasteiger partial charge in [0.2, 0.25) is 0 Å². The van der Waals surface area contributed by atoms with Gasteiger partial charge in [-0.15, -0.1) is 24.3 Å². The standard InChI is InChI=1S/C74H57N5O.Pt/c1-73(2,3)53-38-35-49(36-39-53)52-37-40-66-68(43-52)77(72-57(50-21-9-7-10-22-50)30-20-31-58(72)51-23-11-8-12-24-51)48-76(66)55-25-19-26-56(45-55)80-70-47-67-62(46-69(70)78-63-32-16-13-27-59(63)60-28-14-17-33-64(60)78)61-29-15-18-34-65(61)79(67)71-44-54(41-42-75-71)74(4,5)6;/h7-44,46H,1-6H3;/q-2;/i7D,8D,9D,10D,11D,12D,21D,22D,23D,24D;. The van der Waals surface area contributed by atoms with Crippen molar-refractivity contribution in [3.63, 3.8) is 0 Å². The maximum atomic E-state index is 9.33. The van der Waals surface area contributed by atoms with Crippen LogP contribution in [0.1, 0.15) is 66.4 Å². The second-order valence-corrected chi connectivity index (χ2v) is 22.1. The van der Waals surface area contributed by atoms with Gasteiger partial charge in [-0.2, -0.15) is 12.1 Å². The van der Waals surface area contributed by atoms with E-state index in [0.717, 1.165) is 77.4 Å². The molecule has 4 aromatic heterocycles. The first-order valence-electron chi connectivity index (χ1n) is 31.6. The molecule has 6 nitrogen and oxygen atoms in total. The number of fused-ring (bicyclic) bond motifs is 7. The van der Waals surface area contributed by atoms with Gasteiger partial charge in [0.05, 0.1) is 30.4 Å². The van der Waals surface area contributed by atoms with Gasteiger partial charge in [-0.05, 0) is 108 Å². The van der Waals surface area contributed by atoms with E-state index >= 15 is 0 Å². The van der Waals surface area contributed by atoms with E-state index in [-0.39, 0.29) is 59.8 Å². The average molecular weight is 1240 g/mol. The van der Waals surface area contributed by atoms with E-state index in [1.807, 2.05) is 79.0 Å². The van der Waals surface area contributed by atoms with Crippen LogP contribution in [0.2, 0.25) is 0 Å². The van der Waals surface area contributed by atoms with Gasteiger partial charge in [-0.25, -0.2) is 4.98 Å². The van der Waals surface area contributed by atoms with Crippen molar-refractivity contribution in [1.82, 2.24) is 18.7 Å². The van der Waals surface area contributed by atoms with Gasteiger partial charge in [0, 0.05) is 66.1 Å². The molecule has 0 bridgehead atoms. The minimum Gasteiger partial charge on any atom is -0.508 e. The van der Waals surface area contributed by atoms with Gasteiger partial charge < -0.3 is 18.4 Å². The van der Waals surface area contributed by atoms with E-state index < -0.39 is 60.4 Å². The van der Waals surface area contributed by atoms with Crippen LogP contribution < -0.4 is 9.30 Å². The zero-order valence-electron chi connectivity index (χ0n) is 55.2. The monoisotopic (exact) mass is 1240 g/mol. The second kappa shape index (κ2) is 20.2. The zero-order valence-corrected chi connectivity index (χ0v) is 47.5. The molecule has 0 fully saturated rings. The molecule has 10 aromatic carbocycles. The fourth-order valence-corrected chi connectivity index (χ4v) is 11.1. The Labute approximate surface area is 501 Å². The average Bonchev–Trinajstić information content (AvgIpc) is 1.65. The first kappa shape index (κ1) is 41.0. The molecule has 0 unspecified atom stereocenters. The summed E-state index contributed by atoms with van der Waals surface area (Å²) in [4.78, 5) is 4.97. The van der Waals surface area contributed by atoms with Crippen molar-refractivity contribution in [1.29, 1.82) is 0 Å². The first-order chi connectivity index (χ1) is 43.1. The molecule has 0 aliphatic heterocycles. The minimum absolute atomic E-state index is 0. The second-order valence-electron chi connectivity index (χ2n) is 22.1. The van der Waals surface area contributed by atoms with Crippen LogP contribution in [-0.4, -0.2) is 18.7 Å². The summed E-state index contributed by atoms with van der Waals surface area (Å²) in [7, 11) is 0. The summed E-state index contributed by atoms with van der Waals surface area (Å²) < 4.78 is 105. The normalized spacial score (nSPS) is 13.7. The molecule has 0 radical (unpaired) electrons. The molecule has 0 saturated carbocycles. The molecular weight excluding hydrogens is 1170 g/mol. The summed E-state index contributed by atoms with van der Waals surface area (Å²) in [5.41, 5.74) is 9.61. The minimum atomic E-state index is -0.586. The fraction of sp³-hybridized carbons (Fsp3) is 0.108. The van der Waals surface area contributed by atoms with Crippen molar-refractivity contribution < 1.29 is 44.1 Å². The summed E-state index contributed by atoms with van der Waals surface area (Å²) in [6, 6.07) is 57.8. The molecule has 14 rings (SSSR count). The SMILES string of the molecule is [2H]c1c([2H])c([2H])c(-c2cccc(-c3c([2H])c([2H])c([2H])c([2H])c3[2H])c2-[n+]2[c-]n(-c3[c-]c(Oc4[c-]c5c(cc4-n4c6ccccc6c6ccccc64)c4ccccc4n5-c4cc(C(C)(C)C)ccn4)ccc3)c3ccc(-c4ccc(C(C)(C)C)cc4)cc32)c([2H])c1[2H].[Pt]. The molecule has 14 aromatic rings. The number of aromatic nitrogens is 5. The van der Waals surface area contributed by atoms with Crippen LogP contribution >= 0.6 is 0 Å². The van der Waals surface area contributed by atoms with Crippen LogP contribution in [0, 0.1) is 18.5 Å². The molecule has 0 aliphatic rings. The predicted molar refractivity (Wildman–Crippen MR) is 328 cm³/mol. The third-order valence-electron chi connectivity index (χ3n) is 15.1. The van der Waals surface area contributed by atoms with Gasteiger partial charge in [-0.1, -0.05) is 222 Å². The Kier molecular flexibility index (Phi) is 10.2. The van der Waals surface area contributed by atoms with Crippen LogP contribution in [0.15, 0.2) is 236 Å². The number of imidazole rings is 1. The quantitative estimate of drug-likeness (QED) is 0.107. The molecule has 7 heteroatoms. The number of pyridine rings is 1. The number of nitrogens with zero attached hydrogens (tertiary/aromatic N) is 5. The van der Waals surface area contributed by atoms with E-state index in [4.69, 9.17) is 17.9 Å². The molecule has 0 spiro atoms. The number of para-hydroxylation sites is 4. The molecule has 0 saturated heterocycles. The molecule has 0 N–H and O–H groups in total. The Hall–Kier alpha value is -9.09. The molecule has 0 atom stereocenters. The van der Waals surface area contributed by atoms with E-state index in [1.54, 1.807) is 27.3 Å². The van der Waals surface area contributed by atoms with Crippen molar-refractivity contribution in [2.24, 2.45) is 0 Å². The topological polar surface area (TPSA) is 40.8 Å². The van der Waals surface area contributed by atoms with Crippen LogP contribution in [-0.2, 0) is 31.9 Å². The van der Waals surface area contributed by atoms with Gasteiger partial charge in [0.25, 0.3) is 6.33 Å². The van der Waals surface area contributed by atoms with Crippen molar-refractivity contribution in [3.05, 3.63) is 266 Å². The molecule has 4 heterocycles. The fourth-order valence-electron chi connectivity index (χ4n) is 11.1. The van der Waals surface area contributed by atoms with Gasteiger partial charge >= 0.3 is 0 Å². The van der Waals surface area contributed by atoms with Crippen LogP contribution in [0.3, 0.4) is 0 Å². The van der Waals surface area contributed by atoms with Crippen molar-refractivity contribution in [3.8, 4) is 67.8 Å². The Morgan fingerprint density at radius 1 is 0.494 bits per heavy atom. The number of benzene rings is 10. The van der Waals surface area contributed by atoms with Gasteiger partial charge in [-0.3, -0.25) is 4.57 Å². The maximum Gasteiger partial charge on any atom is 0.268 e. The van der Waals surface area contributed by atoms with Crippen molar-refractivity contribution >= 4 is 54.6 Å². The molecule has 396 valence electrons. The summed E-state index contributed by atoms with van der Waals surface area (Å²) in [5, 5.41) is 4.07. The van der Waals surface area contributed by atoms with Crippen molar-refractivity contribution in [2.75, 3.05) is 0 Å². The summed E-state index contributed by atoms with van der Waals surface area (Å²) >= 11 is 0. The molecule has 0 aliphatic carbocycles. The molecule has 81 heavy (non-hydrogen) atoms. The van der Waals surface area contributed by atoms with Crippen LogP contribution in [0.25, 0.3) is 111 Å². The van der Waals surface area contributed by atoms with Crippen LogP contribution in [0.4, 0.5) is 0 Å². The Bertz CT molecular complexity index is 5130. The first-order valence-corrected chi connectivity index (χ1v) is 26.6. The molecular formula is C74H57N5OPt-2. The van der Waals surface area contributed by atoms with E-state index in [2.05, 4.69) is 148 Å². The Morgan fingerprint density at radius 2 is 1.06 bits per heavy atom. The predicted octanol–water partition coefficient (Wildman–Crippen LogP) is 18.3. The van der Waals surface area contributed by atoms with E-state index in [9.17, 15) is 5.48 Å². The van der Waals surface area contributed by atoms with E-state index in [0.29, 0.717) is 28.2 Å². The number of hydrogen-bond donors (Lipinski definition) is 0. The zero-order chi connectivity index (χ0) is 63.0. The summed E-state index contributed by atoms with van der Waals surface area (Å²) in [6.45, 7) is 13.0. The third kappa shape index (κ3) is 9.05. The third-order valence-corrected chi connectivity index (χ3v) is 15.1. The summed E-state index contributed by atoms with van der Waals surface area (Å²) in [6.07, 6.45) is 5.42. The number of hydrogen-bond acceptors (Lipinski definition) is 2. The number of ether oxygens (including phenoxy) is 1. The van der Waals surface area contributed by atoms with E-state index in [1.165, 1.54) is 0 Å².